The molecule has 0 bridgehead atoms. The Morgan fingerprint density at radius 1 is 0.860 bits per heavy atom. The van der Waals surface area contributed by atoms with Crippen molar-refractivity contribution in [2.24, 2.45) is 5.92 Å². The number of nitrogens with zero attached hydrogens (tertiary/aromatic N) is 1. The highest BCUT2D eigenvalue weighted by Crippen LogP contribution is 2.12. The highest BCUT2D eigenvalue weighted by molar-refractivity contribution is 5.93. The minimum Gasteiger partial charge on any atom is -0.480 e. The largest absolute Gasteiger partial charge is 0.480 e. The maximum atomic E-state index is 13.5. The number of pyridine rings is 1. The molecule has 234 valence electrons. The van der Waals surface area contributed by atoms with Crippen molar-refractivity contribution in [1.29, 1.82) is 0 Å². The number of nitrogens with one attached hydrogen (secondary N) is 3. The van der Waals surface area contributed by atoms with Crippen LogP contribution in [-0.2, 0) is 41.7 Å². The van der Waals surface area contributed by atoms with E-state index in [4.69, 9.17) is 9.47 Å². The van der Waals surface area contributed by atoms with Crippen molar-refractivity contribution in [2.45, 2.75) is 90.6 Å². The van der Waals surface area contributed by atoms with Crippen molar-refractivity contribution in [1.82, 2.24) is 20.9 Å². The molecule has 0 aliphatic heterocycles. The Hall–Kier alpha value is -4.48. The maximum Gasteiger partial charge on any atom is 0.408 e. The molecule has 0 spiro atoms. The normalized spacial score (nSPS) is 13.3. The molecule has 1 aromatic heterocycles. The van der Waals surface area contributed by atoms with Gasteiger partial charge in [0.15, 0.2) is 0 Å². The summed E-state index contributed by atoms with van der Waals surface area (Å²) in [6.45, 7) is 8.72. The third kappa shape index (κ3) is 13.8. The second-order valence-electron chi connectivity index (χ2n) is 11.5. The van der Waals surface area contributed by atoms with Crippen LogP contribution in [0.5, 0.6) is 0 Å². The molecule has 2 rings (SSSR count). The molecule has 3 unspecified atom stereocenters. The molecule has 3 amide bonds. The summed E-state index contributed by atoms with van der Waals surface area (Å²) >= 11 is 0. The van der Waals surface area contributed by atoms with E-state index in [9.17, 15) is 29.1 Å². The number of benzene rings is 1. The summed E-state index contributed by atoms with van der Waals surface area (Å²) in [6, 6.07) is 10.3. The molecular formula is C31H42N4O8. The zero-order valence-electron chi connectivity index (χ0n) is 25.3. The van der Waals surface area contributed by atoms with Crippen molar-refractivity contribution in [3.05, 3.63) is 66.0 Å². The molecule has 0 saturated carbocycles. The molecule has 1 heterocycles. The summed E-state index contributed by atoms with van der Waals surface area (Å²) in [5, 5.41) is 17.2. The topological polar surface area (TPSA) is 173 Å². The number of aromatic nitrogens is 1. The Kier molecular flexibility index (Phi) is 13.6. The SMILES string of the molecule is CC(C)CC(NC(=O)C(Cc1ccccn1)NC(=O)C(CCC(=O)OC(C)(C)C)NC(=O)OCc1ccccc1)C(=O)O. The average Bonchev–Trinajstić information content (AvgIpc) is 2.93. The van der Waals surface area contributed by atoms with Gasteiger partial charge in [-0.3, -0.25) is 19.4 Å². The predicted octanol–water partition coefficient (Wildman–Crippen LogP) is 3.14. The highest BCUT2D eigenvalue weighted by atomic mass is 16.6. The lowest BCUT2D eigenvalue weighted by Crippen LogP contribution is -2.56. The number of esters is 1. The Morgan fingerprint density at radius 3 is 2.07 bits per heavy atom. The third-order valence-electron chi connectivity index (χ3n) is 5.97. The highest BCUT2D eigenvalue weighted by Gasteiger charge is 2.31. The van der Waals surface area contributed by atoms with Gasteiger partial charge in [-0.1, -0.05) is 50.2 Å². The molecule has 0 radical (unpaired) electrons. The van der Waals surface area contributed by atoms with E-state index in [2.05, 4.69) is 20.9 Å². The molecule has 0 aliphatic rings. The Balaban J connectivity index is 2.23. The van der Waals surface area contributed by atoms with Crippen LogP contribution in [-0.4, -0.2) is 63.7 Å². The number of carbonyl (C=O) groups is 5. The molecule has 0 fully saturated rings. The van der Waals surface area contributed by atoms with Crippen LogP contribution in [0.25, 0.3) is 0 Å². The number of carboxylic acid groups (broad SMARTS) is 1. The smallest absolute Gasteiger partial charge is 0.408 e. The summed E-state index contributed by atoms with van der Waals surface area (Å²) in [7, 11) is 0. The van der Waals surface area contributed by atoms with E-state index in [1.165, 1.54) is 6.20 Å². The fourth-order valence-corrected chi connectivity index (χ4v) is 4.01. The Bertz CT molecular complexity index is 1220. The van der Waals surface area contributed by atoms with Crippen LogP contribution in [0.1, 0.15) is 65.1 Å². The van der Waals surface area contributed by atoms with Gasteiger partial charge >= 0.3 is 18.0 Å². The van der Waals surface area contributed by atoms with Crippen LogP contribution in [0.15, 0.2) is 54.7 Å². The Morgan fingerprint density at radius 2 is 1.49 bits per heavy atom. The van der Waals surface area contributed by atoms with Crippen LogP contribution < -0.4 is 16.0 Å². The van der Waals surface area contributed by atoms with Crippen LogP contribution in [0.4, 0.5) is 4.79 Å². The number of ether oxygens (including phenoxy) is 2. The van der Waals surface area contributed by atoms with E-state index in [-0.39, 0.29) is 38.2 Å². The lowest BCUT2D eigenvalue weighted by molar-refractivity contribution is -0.155. The van der Waals surface area contributed by atoms with Gasteiger partial charge < -0.3 is 30.5 Å². The zero-order chi connectivity index (χ0) is 32.0. The minimum atomic E-state index is -1.28. The van der Waals surface area contributed by atoms with Crippen molar-refractivity contribution in [3.63, 3.8) is 0 Å². The molecular weight excluding hydrogens is 556 g/mol. The van der Waals surface area contributed by atoms with Crippen LogP contribution >= 0.6 is 0 Å². The summed E-state index contributed by atoms with van der Waals surface area (Å²) in [6.07, 6.45) is 0.397. The summed E-state index contributed by atoms with van der Waals surface area (Å²) in [5.74, 6) is -3.31. The summed E-state index contributed by atoms with van der Waals surface area (Å²) in [4.78, 5) is 67.9. The first-order valence-corrected chi connectivity index (χ1v) is 14.2. The van der Waals surface area contributed by atoms with E-state index in [0.29, 0.717) is 5.69 Å². The van der Waals surface area contributed by atoms with Gasteiger partial charge in [0.2, 0.25) is 11.8 Å². The fraction of sp³-hybridized carbons (Fsp3) is 0.484. The first-order chi connectivity index (χ1) is 20.2. The first-order valence-electron chi connectivity index (χ1n) is 14.2. The molecule has 4 N–H and O–H groups in total. The molecule has 2 aromatic rings. The number of carboxylic acids is 1. The number of carbonyl (C=O) groups excluding carboxylic acids is 4. The van der Waals surface area contributed by atoms with Gasteiger partial charge in [-0.15, -0.1) is 0 Å². The quantitative estimate of drug-likeness (QED) is 0.225. The number of rotatable bonds is 15. The van der Waals surface area contributed by atoms with Gasteiger partial charge in [-0.05, 0) is 57.2 Å². The average molecular weight is 599 g/mol. The first kappa shape index (κ1) is 34.7. The number of amides is 3. The maximum absolute atomic E-state index is 13.5. The standard InChI is InChI=1S/C31H42N4O8/c1-20(2)17-25(29(39)40)34-28(38)24(18-22-13-9-10-16-32-22)33-27(37)23(14-15-26(36)43-31(3,4)5)35-30(41)42-19-21-11-7-6-8-12-21/h6-13,16,20,23-25H,14-15,17-19H2,1-5H3,(H,33,37)(H,34,38)(H,35,41)(H,39,40). The van der Waals surface area contributed by atoms with Gasteiger partial charge in [-0.25, -0.2) is 9.59 Å². The third-order valence-corrected chi connectivity index (χ3v) is 5.97. The molecule has 3 atom stereocenters. The minimum absolute atomic E-state index is 0.0198. The van der Waals surface area contributed by atoms with E-state index < -0.39 is 53.6 Å². The van der Waals surface area contributed by atoms with Gasteiger partial charge in [0.1, 0.15) is 30.3 Å². The molecule has 43 heavy (non-hydrogen) atoms. The summed E-state index contributed by atoms with van der Waals surface area (Å²) in [5.41, 5.74) is 0.451. The molecule has 1 aromatic carbocycles. The number of hydrogen-bond donors (Lipinski definition) is 4. The monoisotopic (exact) mass is 598 g/mol. The number of aliphatic carboxylic acids is 1. The van der Waals surface area contributed by atoms with Crippen LogP contribution in [0.3, 0.4) is 0 Å². The predicted molar refractivity (Wildman–Crippen MR) is 158 cm³/mol. The van der Waals surface area contributed by atoms with Gasteiger partial charge in [0, 0.05) is 24.7 Å². The molecule has 0 aliphatic carbocycles. The summed E-state index contributed by atoms with van der Waals surface area (Å²) < 4.78 is 10.6. The zero-order valence-corrected chi connectivity index (χ0v) is 25.3. The fourth-order valence-electron chi connectivity index (χ4n) is 4.01. The molecule has 0 saturated heterocycles. The number of hydrogen-bond acceptors (Lipinski definition) is 8. The second-order valence-corrected chi connectivity index (χ2v) is 11.5. The van der Waals surface area contributed by atoms with Crippen molar-refractivity contribution < 1.29 is 38.6 Å². The van der Waals surface area contributed by atoms with Crippen molar-refractivity contribution in [2.75, 3.05) is 0 Å². The molecule has 12 heteroatoms. The van der Waals surface area contributed by atoms with Crippen molar-refractivity contribution >= 4 is 29.8 Å². The lowest BCUT2D eigenvalue weighted by atomic mass is 10.0. The van der Waals surface area contributed by atoms with Crippen molar-refractivity contribution in [3.8, 4) is 0 Å². The van der Waals surface area contributed by atoms with Crippen LogP contribution in [0.2, 0.25) is 0 Å². The lowest BCUT2D eigenvalue weighted by Gasteiger charge is -2.25. The van der Waals surface area contributed by atoms with E-state index in [0.717, 1.165) is 5.56 Å². The van der Waals surface area contributed by atoms with Gasteiger partial charge in [-0.2, -0.15) is 0 Å². The van der Waals surface area contributed by atoms with Gasteiger partial charge in [0.25, 0.3) is 0 Å². The van der Waals surface area contributed by atoms with E-state index in [1.54, 1.807) is 63.2 Å². The van der Waals surface area contributed by atoms with Gasteiger partial charge in [0.05, 0.1) is 0 Å². The van der Waals surface area contributed by atoms with Crippen LogP contribution in [0, 0.1) is 5.92 Å². The number of alkyl carbamates (subject to hydrolysis) is 1. The molecule has 12 nitrogen and oxygen atoms in total. The van der Waals surface area contributed by atoms with E-state index >= 15 is 0 Å². The Labute approximate surface area is 251 Å². The second kappa shape index (κ2) is 16.8. The van der Waals surface area contributed by atoms with E-state index in [1.807, 2.05) is 19.9 Å².